The van der Waals surface area contributed by atoms with Gasteiger partial charge in [-0.05, 0) is 65.7 Å². The molecule has 0 radical (unpaired) electrons. The van der Waals surface area contributed by atoms with Gasteiger partial charge in [0.2, 0.25) is 0 Å². The average Bonchev–Trinajstić information content (AvgIpc) is 3.76. The summed E-state index contributed by atoms with van der Waals surface area (Å²) in [5.41, 5.74) is 13.2. The normalized spacial score (nSPS) is 11.6. The number of hydrogen-bond acceptors (Lipinski definition) is 3. The largest absolute Gasteiger partial charge is 0.309 e. The van der Waals surface area contributed by atoms with E-state index in [0.717, 1.165) is 61.7 Å². The molecule has 0 bridgehead atoms. The van der Waals surface area contributed by atoms with Crippen molar-refractivity contribution in [1.82, 2.24) is 24.1 Å². The summed E-state index contributed by atoms with van der Waals surface area (Å²) in [4.78, 5) is 15.3. The standard InChI is InChI=1S/C45H29N5/c1-4-13-31(14-5-1)41-44-43(42-38(47-41)20-12-28-46-42)48-45(50(44)35-17-8-3-9-18-35)32-24-22-30(23-25-32)33-26-27-40-37(29-33)36-19-10-11-21-39(36)49(40)34-15-6-2-7-16-34/h1-29H. The number of benzene rings is 6. The summed E-state index contributed by atoms with van der Waals surface area (Å²) in [5.74, 6) is 0.844. The van der Waals surface area contributed by atoms with E-state index in [1.807, 2.05) is 30.5 Å². The third-order valence-corrected chi connectivity index (χ3v) is 9.57. The second kappa shape index (κ2) is 11.4. The van der Waals surface area contributed by atoms with Crippen LogP contribution >= 0.6 is 0 Å². The maximum absolute atomic E-state index is 5.34. The highest BCUT2D eigenvalue weighted by Crippen LogP contribution is 2.39. The molecule has 4 aromatic heterocycles. The highest BCUT2D eigenvalue weighted by Gasteiger charge is 2.22. The van der Waals surface area contributed by atoms with Crippen molar-refractivity contribution in [2.24, 2.45) is 0 Å². The number of fused-ring (bicyclic) bond motifs is 6. The molecule has 234 valence electrons. The lowest BCUT2D eigenvalue weighted by atomic mass is 10.0. The zero-order valence-corrected chi connectivity index (χ0v) is 27.0. The second-order valence-corrected chi connectivity index (χ2v) is 12.5. The van der Waals surface area contributed by atoms with Gasteiger partial charge in [-0.2, -0.15) is 0 Å². The molecule has 5 heteroatoms. The quantitative estimate of drug-likeness (QED) is 0.188. The van der Waals surface area contributed by atoms with Crippen LogP contribution in [-0.4, -0.2) is 24.1 Å². The summed E-state index contributed by atoms with van der Waals surface area (Å²) in [6.45, 7) is 0. The molecule has 5 nitrogen and oxygen atoms in total. The zero-order chi connectivity index (χ0) is 33.0. The van der Waals surface area contributed by atoms with Gasteiger partial charge in [0.1, 0.15) is 22.4 Å². The van der Waals surface area contributed by atoms with Gasteiger partial charge in [-0.15, -0.1) is 0 Å². The molecule has 6 aromatic carbocycles. The summed E-state index contributed by atoms with van der Waals surface area (Å²) >= 11 is 0. The summed E-state index contributed by atoms with van der Waals surface area (Å²) in [6.07, 6.45) is 1.82. The van der Waals surface area contributed by atoms with Gasteiger partial charge < -0.3 is 4.57 Å². The number of pyridine rings is 2. The highest BCUT2D eigenvalue weighted by atomic mass is 15.1. The van der Waals surface area contributed by atoms with Gasteiger partial charge in [0.05, 0.1) is 22.2 Å². The summed E-state index contributed by atoms with van der Waals surface area (Å²) in [6, 6.07) is 59.5. The van der Waals surface area contributed by atoms with E-state index in [1.54, 1.807) is 0 Å². The summed E-state index contributed by atoms with van der Waals surface area (Å²) < 4.78 is 4.58. The lowest BCUT2D eigenvalue weighted by Gasteiger charge is -2.13. The minimum absolute atomic E-state index is 0.790. The Morgan fingerprint density at radius 3 is 1.78 bits per heavy atom. The molecule has 0 fully saturated rings. The minimum Gasteiger partial charge on any atom is -0.309 e. The van der Waals surface area contributed by atoms with E-state index >= 15 is 0 Å². The van der Waals surface area contributed by atoms with Gasteiger partial charge in [-0.3, -0.25) is 9.55 Å². The van der Waals surface area contributed by atoms with E-state index in [-0.39, 0.29) is 0 Å². The van der Waals surface area contributed by atoms with Crippen molar-refractivity contribution in [3.05, 3.63) is 176 Å². The van der Waals surface area contributed by atoms with Gasteiger partial charge in [0.25, 0.3) is 0 Å². The molecule has 0 N–H and O–H groups in total. The van der Waals surface area contributed by atoms with Crippen molar-refractivity contribution in [3.63, 3.8) is 0 Å². The number of nitrogens with zero attached hydrogens (tertiary/aromatic N) is 5. The number of hydrogen-bond donors (Lipinski definition) is 0. The van der Waals surface area contributed by atoms with Crippen molar-refractivity contribution < 1.29 is 0 Å². The van der Waals surface area contributed by atoms with Crippen LogP contribution in [0.1, 0.15) is 0 Å². The Morgan fingerprint density at radius 2 is 1.02 bits per heavy atom. The van der Waals surface area contributed by atoms with E-state index in [1.165, 1.54) is 27.4 Å². The zero-order valence-electron chi connectivity index (χ0n) is 27.0. The summed E-state index contributed by atoms with van der Waals surface area (Å²) in [5, 5.41) is 2.47. The molecule has 4 heterocycles. The SMILES string of the molecule is c1ccc(-c2nc3cccnc3c3nc(-c4ccc(-c5ccc6c(c5)c5ccccc5n6-c5ccccc5)cc4)n(-c4ccccc4)c23)cc1. The smallest absolute Gasteiger partial charge is 0.145 e. The number of aromatic nitrogens is 5. The van der Waals surface area contributed by atoms with Crippen LogP contribution in [0.15, 0.2) is 176 Å². The van der Waals surface area contributed by atoms with Gasteiger partial charge >= 0.3 is 0 Å². The predicted octanol–water partition coefficient (Wildman–Crippen LogP) is 11.1. The van der Waals surface area contributed by atoms with Crippen molar-refractivity contribution in [2.75, 3.05) is 0 Å². The number of rotatable bonds is 5. The molecular weight excluding hydrogens is 611 g/mol. The van der Waals surface area contributed by atoms with Crippen LogP contribution in [0.4, 0.5) is 0 Å². The fourth-order valence-corrected chi connectivity index (χ4v) is 7.29. The number of para-hydroxylation sites is 3. The van der Waals surface area contributed by atoms with Crippen molar-refractivity contribution in [2.45, 2.75) is 0 Å². The monoisotopic (exact) mass is 639 g/mol. The first kappa shape index (κ1) is 28.2. The molecule has 10 aromatic rings. The van der Waals surface area contributed by atoms with Crippen LogP contribution in [0, 0.1) is 0 Å². The molecule has 0 atom stereocenters. The van der Waals surface area contributed by atoms with Gasteiger partial charge in [0, 0.05) is 39.5 Å². The Hall–Kier alpha value is -6.85. The Labute approximate surface area is 288 Å². The van der Waals surface area contributed by atoms with Crippen molar-refractivity contribution in [1.29, 1.82) is 0 Å². The van der Waals surface area contributed by atoms with Crippen LogP contribution in [0.5, 0.6) is 0 Å². The topological polar surface area (TPSA) is 48.5 Å². The van der Waals surface area contributed by atoms with Crippen molar-refractivity contribution in [3.8, 4) is 45.1 Å². The maximum atomic E-state index is 5.34. The van der Waals surface area contributed by atoms with Crippen LogP contribution in [0.3, 0.4) is 0 Å². The fraction of sp³-hybridized carbons (Fsp3) is 0. The first-order chi connectivity index (χ1) is 24.8. The first-order valence-corrected chi connectivity index (χ1v) is 16.8. The highest BCUT2D eigenvalue weighted by molar-refractivity contribution is 6.11. The summed E-state index contributed by atoms with van der Waals surface area (Å²) in [7, 11) is 0. The molecule has 0 amide bonds. The van der Waals surface area contributed by atoms with Gasteiger partial charge in [-0.1, -0.05) is 115 Å². The third kappa shape index (κ3) is 4.45. The van der Waals surface area contributed by atoms with E-state index in [9.17, 15) is 0 Å². The average molecular weight is 640 g/mol. The molecule has 10 rings (SSSR count). The van der Waals surface area contributed by atoms with Crippen LogP contribution in [0.2, 0.25) is 0 Å². The molecule has 0 saturated carbocycles. The van der Waals surface area contributed by atoms with Crippen LogP contribution < -0.4 is 0 Å². The van der Waals surface area contributed by atoms with Crippen LogP contribution in [-0.2, 0) is 0 Å². The second-order valence-electron chi connectivity index (χ2n) is 12.5. The lowest BCUT2D eigenvalue weighted by molar-refractivity contribution is 1.10. The molecule has 0 aliphatic carbocycles. The molecular formula is C45H29N5. The molecule has 0 aliphatic rings. The first-order valence-electron chi connectivity index (χ1n) is 16.8. The van der Waals surface area contributed by atoms with E-state index in [0.29, 0.717) is 0 Å². The van der Waals surface area contributed by atoms with E-state index in [4.69, 9.17) is 15.0 Å². The van der Waals surface area contributed by atoms with E-state index in [2.05, 4.69) is 155 Å². The van der Waals surface area contributed by atoms with Gasteiger partial charge in [0.15, 0.2) is 0 Å². The fourth-order valence-electron chi connectivity index (χ4n) is 7.29. The molecule has 0 spiro atoms. The molecule has 50 heavy (non-hydrogen) atoms. The van der Waals surface area contributed by atoms with Crippen molar-refractivity contribution >= 4 is 43.9 Å². The van der Waals surface area contributed by atoms with Gasteiger partial charge in [-0.25, -0.2) is 9.97 Å². The Morgan fingerprint density at radius 1 is 0.400 bits per heavy atom. The third-order valence-electron chi connectivity index (χ3n) is 9.57. The van der Waals surface area contributed by atoms with Crippen LogP contribution in [0.25, 0.3) is 89.0 Å². The number of imidazole rings is 1. The van der Waals surface area contributed by atoms with E-state index < -0.39 is 0 Å². The maximum Gasteiger partial charge on any atom is 0.145 e. The molecule has 0 unspecified atom stereocenters. The Kier molecular flexibility index (Phi) is 6.42. The minimum atomic E-state index is 0.790. The lowest BCUT2D eigenvalue weighted by Crippen LogP contribution is -2.00. The Balaban J connectivity index is 1.15. The predicted molar refractivity (Wildman–Crippen MR) is 205 cm³/mol. The Bertz CT molecular complexity index is 2840. The molecule has 0 aliphatic heterocycles. The molecule has 0 saturated heterocycles.